The number of carboxylic acids is 1. The molecule has 0 saturated carbocycles. The second kappa shape index (κ2) is 5.74. The molecule has 19 heavy (non-hydrogen) atoms. The van der Waals surface area contributed by atoms with E-state index in [1.807, 2.05) is 18.2 Å². The molecule has 0 saturated heterocycles. The predicted molar refractivity (Wildman–Crippen MR) is 78.6 cm³/mol. The van der Waals surface area contributed by atoms with Crippen molar-refractivity contribution < 1.29 is 9.90 Å². The van der Waals surface area contributed by atoms with Gasteiger partial charge in [-0.1, -0.05) is 43.3 Å². The predicted octanol–water partition coefficient (Wildman–Crippen LogP) is 3.39. The maximum atomic E-state index is 11.0. The smallest absolute Gasteiger partial charge is 0.308 e. The van der Waals surface area contributed by atoms with Gasteiger partial charge in [0.05, 0.1) is 5.92 Å². The van der Waals surface area contributed by atoms with E-state index in [0.29, 0.717) is 6.54 Å². The van der Waals surface area contributed by atoms with Crippen LogP contribution >= 0.6 is 0 Å². The number of carboxylic acid groups (broad SMARTS) is 1. The van der Waals surface area contributed by atoms with Crippen molar-refractivity contribution in [1.82, 2.24) is 0 Å². The fourth-order valence-corrected chi connectivity index (χ4v) is 2.29. The molecule has 0 amide bonds. The number of anilines is 1. The molecule has 2 aromatic carbocycles. The van der Waals surface area contributed by atoms with Crippen molar-refractivity contribution in [1.29, 1.82) is 0 Å². The molecule has 3 nitrogen and oxygen atoms in total. The average molecular weight is 257 g/mol. The molecule has 0 heterocycles. The Morgan fingerprint density at radius 3 is 2.58 bits per heavy atom. The largest absolute Gasteiger partial charge is 0.481 e. The maximum absolute atomic E-state index is 11.0. The van der Waals surface area contributed by atoms with Gasteiger partial charge in [0.25, 0.3) is 0 Å². The quantitative estimate of drug-likeness (QED) is 0.892. The van der Waals surface area contributed by atoms with Gasteiger partial charge in [0.2, 0.25) is 0 Å². The Kier molecular flexibility index (Phi) is 4.05. The van der Waals surface area contributed by atoms with Gasteiger partial charge in [-0.05, 0) is 18.4 Å². The van der Waals surface area contributed by atoms with E-state index in [4.69, 9.17) is 5.11 Å². The second-order valence-electron chi connectivity index (χ2n) is 4.78. The molecule has 0 fully saturated rings. The van der Waals surface area contributed by atoms with Gasteiger partial charge in [0, 0.05) is 24.2 Å². The van der Waals surface area contributed by atoms with Crippen LogP contribution in [0.1, 0.15) is 13.8 Å². The molecule has 1 N–H and O–H groups in total. The van der Waals surface area contributed by atoms with E-state index >= 15 is 0 Å². The molecule has 1 atom stereocenters. The van der Waals surface area contributed by atoms with Crippen LogP contribution in [0.4, 0.5) is 5.69 Å². The van der Waals surface area contributed by atoms with E-state index in [1.54, 1.807) is 6.92 Å². The first-order valence-corrected chi connectivity index (χ1v) is 6.59. The van der Waals surface area contributed by atoms with Crippen LogP contribution in [0, 0.1) is 5.92 Å². The van der Waals surface area contributed by atoms with E-state index in [-0.39, 0.29) is 5.92 Å². The molecular formula is C16H19NO2. The molecule has 0 aromatic heterocycles. The Labute approximate surface area is 113 Å². The van der Waals surface area contributed by atoms with Gasteiger partial charge < -0.3 is 10.0 Å². The summed E-state index contributed by atoms with van der Waals surface area (Å²) in [6.07, 6.45) is 0. The molecule has 2 rings (SSSR count). The fraction of sp³-hybridized carbons (Fsp3) is 0.312. The van der Waals surface area contributed by atoms with Gasteiger partial charge in [0.1, 0.15) is 0 Å². The Morgan fingerprint density at radius 2 is 1.89 bits per heavy atom. The van der Waals surface area contributed by atoms with Gasteiger partial charge in [-0.2, -0.15) is 0 Å². The van der Waals surface area contributed by atoms with E-state index in [0.717, 1.165) is 12.2 Å². The minimum Gasteiger partial charge on any atom is -0.481 e. The molecule has 100 valence electrons. The summed E-state index contributed by atoms with van der Waals surface area (Å²) in [7, 11) is 0. The van der Waals surface area contributed by atoms with Crippen LogP contribution in [0.2, 0.25) is 0 Å². The normalized spacial score (nSPS) is 12.3. The van der Waals surface area contributed by atoms with Crippen molar-refractivity contribution in [3.05, 3.63) is 42.5 Å². The molecule has 2 aromatic rings. The number of carbonyl (C=O) groups is 1. The summed E-state index contributed by atoms with van der Waals surface area (Å²) >= 11 is 0. The molecule has 0 aliphatic rings. The minimum atomic E-state index is -0.751. The fourth-order valence-electron chi connectivity index (χ4n) is 2.29. The summed E-state index contributed by atoms with van der Waals surface area (Å²) < 4.78 is 0. The summed E-state index contributed by atoms with van der Waals surface area (Å²) in [5, 5.41) is 11.4. The highest BCUT2D eigenvalue weighted by Gasteiger charge is 2.16. The van der Waals surface area contributed by atoms with Crippen LogP contribution in [0.25, 0.3) is 10.8 Å². The summed E-state index contributed by atoms with van der Waals surface area (Å²) in [6, 6.07) is 14.3. The maximum Gasteiger partial charge on any atom is 0.308 e. The average Bonchev–Trinajstić information content (AvgIpc) is 2.44. The highest BCUT2D eigenvalue weighted by molar-refractivity contribution is 5.94. The van der Waals surface area contributed by atoms with E-state index in [2.05, 4.69) is 36.1 Å². The number of benzene rings is 2. The van der Waals surface area contributed by atoms with Gasteiger partial charge in [-0.25, -0.2) is 0 Å². The van der Waals surface area contributed by atoms with Crippen LogP contribution in [-0.4, -0.2) is 24.2 Å². The third-order valence-corrected chi connectivity index (χ3v) is 3.40. The standard InChI is InChI=1S/C16H19NO2/c1-3-17(11-12(2)16(18)19)15-10-6-8-13-7-4-5-9-14(13)15/h4-10,12H,3,11H2,1-2H3,(H,18,19). The SMILES string of the molecule is CCN(CC(C)C(=O)O)c1cccc2ccccc12. The van der Waals surface area contributed by atoms with Crippen molar-refractivity contribution in [2.45, 2.75) is 13.8 Å². The molecule has 0 aliphatic carbocycles. The van der Waals surface area contributed by atoms with Crippen LogP contribution in [0.3, 0.4) is 0 Å². The van der Waals surface area contributed by atoms with Crippen LogP contribution in [-0.2, 0) is 4.79 Å². The lowest BCUT2D eigenvalue weighted by Crippen LogP contribution is -2.31. The lowest BCUT2D eigenvalue weighted by Gasteiger charge is -2.26. The lowest BCUT2D eigenvalue weighted by atomic mass is 10.1. The molecule has 0 radical (unpaired) electrons. The van der Waals surface area contributed by atoms with Crippen molar-refractivity contribution in [3.63, 3.8) is 0 Å². The number of hydrogen-bond acceptors (Lipinski definition) is 2. The topological polar surface area (TPSA) is 40.5 Å². The zero-order valence-electron chi connectivity index (χ0n) is 11.3. The summed E-state index contributed by atoms with van der Waals surface area (Å²) in [6.45, 7) is 5.12. The van der Waals surface area contributed by atoms with Crippen molar-refractivity contribution in [2.75, 3.05) is 18.0 Å². The zero-order chi connectivity index (χ0) is 13.8. The molecule has 0 bridgehead atoms. The summed E-state index contributed by atoms with van der Waals surface area (Å²) in [4.78, 5) is 13.1. The van der Waals surface area contributed by atoms with Crippen LogP contribution < -0.4 is 4.90 Å². The Balaban J connectivity index is 2.38. The van der Waals surface area contributed by atoms with Crippen LogP contribution in [0.5, 0.6) is 0 Å². The molecule has 3 heteroatoms. The van der Waals surface area contributed by atoms with E-state index in [1.165, 1.54) is 10.8 Å². The second-order valence-corrected chi connectivity index (χ2v) is 4.78. The van der Waals surface area contributed by atoms with Crippen molar-refractivity contribution in [3.8, 4) is 0 Å². The van der Waals surface area contributed by atoms with Gasteiger partial charge in [-0.15, -0.1) is 0 Å². The van der Waals surface area contributed by atoms with Crippen molar-refractivity contribution in [2.24, 2.45) is 5.92 Å². The summed E-state index contributed by atoms with van der Waals surface area (Å²) in [5.74, 6) is -1.13. The third-order valence-electron chi connectivity index (χ3n) is 3.40. The summed E-state index contributed by atoms with van der Waals surface area (Å²) in [5.41, 5.74) is 1.11. The van der Waals surface area contributed by atoms with Crippen LogP contribution in [0.15, 0.2) is 42.5 Å². The molecular weight excluding hydrogens is 238 g/mol. The lowest BCUT2D eigenvalue weighted by molar-refractivity contribution is -0.140. The highest BCUT2D eigenvalue weighted by atomic mass is 16.4. The third kappa shape index (κ3) is 2.87. The number of rotatable bonds is 5. The van der Waals surface area contributed by atoms with Crippen molar-refractivity contribution >= 4 is 22.4 Å². The zero-order valence-corrected chi connectivity index (χ0v) is 11.3. The Morgan fingerprint density at radius 1 is 1.21 bits per heavy atom. The highest BCUT2D eigenvalue weighted by Crippen LogP contribution is 2.27. The Bertz CT molecular complexity index is 574. The van der Waals surface area contributed by atoms with Gasteiger partial charge in [-0.3, -0.25) is 4.79 Å². The Hall–Kier alpha value is -2.03. The minimum absolute atomic E-state index is 0.376. The van der Waals surface area contributed by atoms with E-state index in [9.17, 15) is 4.79 Å². The number of hydrogen-bond donors (Lipinski definition) is 1. The number of fused-ring (bicyclic) bond motifs is 1. The number of aliphatic carboxylic acids is 1. The number of nitrogens with zero attached hydrogens (tertiary/aromatic N) is 1. The first-order chi connectivity index (χ1) is 9.13. The van der Waals surface area contributed by atoms with Gasteiger partial charge >= 0.3 is 5.97 Å². The molecule has 0 spiro atoms. The molecule has 0 aliphatic heterocycles. The van der Waals surface area contributed by atoms with Gasteiger partial charge in [0.15, 0.2) is 0 Å². The van der Waals surface area contributed by atoms with E-state index < -0.39 is 5.97 Å². The molecule has 1 unspecified atom stereocenters. The first kappa shape index (κ1) is 13.4. The first-order valence-electron chi connectivity index (χ1n) is 6.59. The monoisotopic (exact) mass is 257 g/mol.